The number of amides is 1. The van der Waals surface area contributed by atoms with E-state index in [1.165, 1.54) is 17.7 Å². The number of aryl methyl sites for hydroxylation is 1. The maximum Gasteiger partial charge on any atom is 0.245 e. The number of nitrogens with zero attached hydrogens (tertiary/aromatic N) is 3. The van der Waals surface area contributed by atoms with Crippen LogP contribution in [0.1, 0.15) is 55.8 Å². The maximum absolute atomic E-state index is 14.0. The molecule has 0 saturated heterocycles. The number of fused-ring (bicyclic) bond motifs is 1. The highest BCUT2D eigenvalue weighted by atomic mass is 19.1. The smallest absolute Gasteiger partial charge is 0.245 e. The molecule has 3 N–H and O–H groups in total. The molecular weight excluding hydrogens is 512 g/mol. The van der Waals surface area contributed by atoms with Gasteiger partial charge >= 0.3 is 0 Å². The minimum atomic E-state index is -1.02. The number of carbonyl (C=O) groups is 1. The molecule has 7 nitrogen and oxygen atoms in total. The summed E-state index contributed by atoms with van der Waals surface area (Å²) in [7, 11) is 0. The van der Waals surface area contributed by atoms with Crippen LogP contribution < -0.4 is 10.6 Å². The SMILES string of the molecule is CCCCC(C(=O)NC(Cc1cc(F)cc(F)c1)C(O)CNCc1cccc(CC)c1)n1nnc2ccccc21. The number of para-hydroxylation sites is 1. The first kappa shape index (κ1) is 29.3. The fourth-order valence-electron chi connectivity index (χ4n) is 4.89. The Labute approximate surface area is 233 Å². The number of hydrogen-bond donors (Lipinski definition) is 3. The van der Waals surface area contributed by atoms with Gasteiger partial charge in [0.25, 0.3) is 0 Å². The van der Waals surface area contributed by atoms with E-state index in [-0.39, 0.29) is 18.9 Å². The standard InChI is InChI=1S/C31H37F2N5O2/c1-3-5-12-29(38-28-13-7-6-11-26(28)36-37-38)31(40)35-27(17-23-15-24(32)18-25(33)16-23)30(39)20-34-19-22-10-8-9-21(4-2)14-22/h6-11,13-16,18,27,29-30,34,39H,3-5,12,17,19-20H2,1-2H3,(H,35,40). The van der Waals surface area contributed by atoms with Crippen LogP contribution >= 0.6 is 0 Å². The third-order valence-corrected chi connectivity index (χ3v) is 7.06. The molecule has 4 aromatic rings. The van der Waals surface area contributed by atoms with Gasteiger partial charge in [-0.25, -0.2) is 13.5 Å². The van der Waals surface area contributed by atoms with E-state index in [9.17, 15) is 18.7 Å². The number of halogens is 2. The van der Waals surface area contributed by atoms with Crippen molar-refractivity contribution in [3.8, 4) is 0 Å². The van der Waals surface area contributed by atoms with E-state index in [2.05, 4.69) is 40.0 Å². The molecule has 0 saturated carbocycles. The molecule has 0 aliphatic heterocycles. The highest BCUT2D eigenvalue weighted by molar-refractivity contribution is 5.83. The van der Waals surface area contributed by atoms with Crippen LogP contribution in [-0.2, 0) is 24.2 Å². The third kappa shape index (κ3) is 7.70. The number of unbranched alkanes of at least 4 members (excludes halogenated alkanes) is 1. The normalized spacial score (nSPS) is 13.7. The zero-order valence-corrected chi connectivity index (χ0v) is 23.0. The van der Waals surface area contributed by atoms with Crippen LogP contribution in [0.15, 0.2) is 66.7 Å². The molecule has 0 aliphatic rings. The Balaban J connectivity index is 1.53. The van der Waals surface area contributed by atoms with Crippen LogP contribution in [0, 0.1) is 11.6 Å². The Bertz CT molecular complexity index is 1390. The van der Waals surface area contributed by atoms with Gasteiger partial charge in [0.05, 0.1) is 17.7 Å². The molecule has 1 heterocycles. The first-order valence-corrected chi connectivity index (χ1v) is 13.9. The lowest BCUT2D eigenvalue weighted by atomic mass is 9.99. The number of aliphatic hydroxyl groups is 1. The van der Waals surface area contributed by atoms with Crippen molar-refractivity contribution in [1.82, 2.24) is 25.6 Å². The first-order valence-electron chi connectivity index (χ1n) is 13.9. The monoisotopic (exact) mass is 549 g/mol. The largest absolute Gasteiger partial charge is 0.390 e. The van der Waals surface area contributed by atoms with Gasteiger partial charge in [-0.3, -0.25) is 4.79 Å². The third-order valence-electron chi connectivity index (χ3n) is 7.06. The lowest BCUT2D eigenvalue weighted by molar-refractivity contribution is -0.126. The van der Waals surface area contributed by atoms with E-state index in [1.807, 2.05) is 43.3 Å². The Kier molecular flexibility index (Phi) is 10.3. The molecule has 4 rings (SSSR count). The molecule has 0 bridgehead atoms. The molecular formula is C31H37F2N5O2. The number of aromatic nitrogens is 3. The summed E-state index contributed by atoms with van der Waals surface area (Å²) in [6.07, 6.45) is 2.15. The maximum atomic E-state index is 14.0. The van der Waals surface area contributed by atoms with Gasteiger partial charge in [-0.2, -0.15) is 0 Å². The van der Waals surface area contributed by atoms with Crippen molar-refractivity contribution in [3.63, 3.8) is 0 Å². The summed E-state index contributed by atoms with van der Waals surface area (Å²) in [4.78, 5) is 13.7. The highest BCUT2D eigenvalue weighted by Gasteiger charge is 2.28. The molecule has 0 radical (unpaired) electrons. The summed E-state index contributed by atoms with van der Waals surface area (Å²) < 4.78 is 29.6. The van der Waals surface area contributed by atoms with Crippen molar-refractivity contribution in [1.29, 1.82) is 0 Å². The average Bonchev–Trinajstić information content (AvgIpc) is 3.36. The summed E-state index contributed by atoms with van der Waals surface area (Å²) in [5.41, 5.74) is 4.06. The van der Waals surface area contributed by atoms with Gasteiger partial charge in [0, 0.05) is 19.2 Å². The van der Waals surface area contributed by atoms with E-state index in [0.29, 0.717) is 24.0 Å². The van der Waals surface area contributed by atoms with Crippen LogP contribution in [0.5, 0.6) is 0 Å². The van der Waals surface area contributed by atoms with Gasteiger partial charge in [-0.1, -0.05) is 68.3 Å². The molecule has 0 fully saturated rings. The molecule has 40 heavy (non-hydrogen) atoms. The Morgan fingerprint density at radius 3 is 2.48 bits per heavy atom. The lowest BCUT2D eigenvalue weighted by Crippen LogP contribution is -2.50. The number of carbonyl (C=O) groups excluding carboxylic acids is 1. The molecule has 212 valence electrons. The zero-order chi connectivity index (χ0) is 28.5. The topological polar surface area (TPSA) is 92.1 Å². The molecule has 3 atom stereocenters. The van der Waals surface area contributed by atoms with Crippen molar-refractivity contribution < 1.29 is 18.7 Å². The highest BCUT2D eigenvalue weighted by Crippen LogP contribution is 2.22. The molecule has 3 unspecified atom stereocenters. The van der Waals surface area contributed by atoms with Crippen molar-refractivity contribution in [2.24, 2.45) is 0 Å². The second-order valence-electron chi connectivity index (χ2n) is 10.1. The summed E-state index contributed by atoms with van der Waals surface area (Å²) in [6.45, 7) is 4.84. The van der Waals surface area contributed by atoms with Gasteiger partial charge < -0.3 is 15.7 Å². The molecule has 9 heteroatoms. The summed E-state index contributed by atoms with van der Waals surface area (Å²) >= 11 is 0. The van der Waals surface area contributed by atoms with Gasteiger partial charge in [0.1, 0.15) is 23.2 Å². The lowest BCUT2D eigenvalue weighted by Gasteiger charge is -2.27. The van der Waals surface area contributed by atoms with Gasteiger partial charge in [0.15, 0.2) is 0 Å². The van der Waals surface area contributed by atoms with E-state index >= 15 is 0 Å². The van der Waals surface area contributed by atoms with Crippen LogP contribution in [0.3, 0.4) is 0 Å². The predicted octanol–water partition coefficient (Wildman–Crippen LogP) is 4.88. The molecule has 1 aromatic heterocycles. The van der Waals surface area contributed by atoms with Crippen molar-refractivity contribution in [3.05, 3.63) is 95.1 Å². The minimum absolute atomic E-state index is 0.0488. The molecule has 0 aliphatic carbocycles. The number of aliphatic hydroxyl groups excluding tert-OH is 1. The van der Waals surface area contributed by atoms with Crippen molar-refractivity contribution in [2.75, 3.05) is 6.54 Å². The zero-order valence-electron chi connectivity index (χ0n) is 23.0. The van der Waals surface area contributed by atoms with E-state index < -0.39 is 29.8 Å². The fourth-order valence-corrected chi connectivity index (χ4v) is 4.89. The van der Waals surface area contributed by atoms with Gasteiger partial charge in [-0.05, 0) is 60.2 Å². The molecule has 3 aromatic carbocycles. The summed E-state index contributed by atoms with van der Waals surface area (Å²) in [5.74, 6) is -1.75. The number of benzene rings is 3. The number of nitrogens with one attached hydrogen (secondary N) is 2. The van der Waals surface area contributed by atoms with Crippen LogP contribution in [0.25, 0.3) is 11.0 Å². The fraction of sp³-hybridized carbons (Fsp3) is 0.387. The summed E-state index contributed by atoms with van der Waals surface area (Å²) in [5, 5.41) is 25.9. The minimum Gasteiger partial charge on any atom is -0.390 e. The molecule has 0 spiro atoms. The van der Waals surface area contributed by atoms with Crippen LogP contribution in [0.4, 0.5) is 8.78 Å². The predicted molar refractivity (Wildman–Crippen MR) is 152 cm³/mol. The average molecular weight is 550 g/mol. The second kappa shape index (κ2) is 14.1. The first-order chi connectivity index (χ1) is 19.4. The van der Waals surface area contributed by atoms with E-state index in [1.54, 1.807) is 4.68 Å². The number of hydrogen-bond acceptors (Lipinski definition) is 5. The van der Waals surface area contributed by atoms with E-state index in [0.717, 1.165) is 36.4 Å². The quantitative estimate of drug-likeness (QED) is 0.209. The van der Waals surface area contributed by atoms with E-state index in [4.69, 9.17) is 0 Å². The Morgan fingerprint density at radius 1 is 0.975 bits per heavy atom. The summed E-state index contributed by atoms with van der Waals surface area (Å²) in [6, 6.07) is 17.4. The Hall–Kier alpha value is -3.69. The van der Waals surface area contributed by atoms with Gasteiger partial charge in [-0.15, -0.1) is 5.10 Å². The van der Waals surface area contributed by atoms with Crippen molar-refractivity contribution >= 4 is 16.9 Å². The second-order valence-corrected chi connectivity index (χ2v) is 10.1. The van der Waals surface area contributed by atoms with Gasteiger partial charge in [0.2, 0.25) is 5.91 Å². The van der Waals surface area contributed by atoms with Crippen molar-refractivity contribution in [2.45, 2.75) is 70.7 Å². The number of rotatable bonds is 14. The van der Waals surface area contributed by atoms with Crippen LogP contribution in [-0.4, -0.2) is 44.7 Å². The van der Waals surface area contributed by atoms with Crippen LogP contribution in [0.2, 0.25) is 0 Å². The Morgan fingerprint density at radius 2 is 1.73 bits per heavy atom. The molecule has 1 amide bonds.